The molecule has 7 heteroatoms. The maximum atomic E-state index is 12.8. The van der Waals surface area contributed by atoms with Gasteiger partial charge in [0.2, 0.25) is 0 Å². The Balaban J connectivity index is 1.45. The number of halogens is 2. The van der Waals surface area contributed by atoms with Gasteiger partial charge in [-0.05, 0) is 47.9 Å². The van der Waals surface area contributed by atoms with E-state index in [0.717, 1.165) is 11.1 Å². The highest BCUT2D eigenvalue weighted by Gasteiger charge is 2.27. The van der Waals surface area contributed by atoms with Gasteiger partial charge in [0.25, 0.3) is 5.91 Å². The van der Waals surface area contributed by atoms with E-state index in [1.807, 2.05) is 0 Å². The molecule has 0 aromatic heterocycles. The van der Waals surface area contributed by atoms with Crippen LogP contribution in [0.15, 0.2) is 42.5 Å². The molecule has 136 valence electrons. The Morgan fingerprint density at radius 1 is 1.23 bits per heavy atom. The number of hydrogen-bond donors (Lipinski definition) is 1. The van der Waals surface area contributed by atoms with Crippen LogP contribution in [0.5, 0.6) is 5.75 Å². The van der Waals surface area contributed by atoms with Crippen LogP contribution >= 0.6 is 11.6 Å². The highest BCUT2D eigenvalue weighted by atomic mass is 35.5. The van der Waals surface area contributed by atoms with E-state index < -0.39 is 17.8 Å². The fourth-order valence-electron chi connectivity index (χ4n) is 2.62. The topological polar surface area (TPSA) is 64.6 Å². The van der Waals surface area contributed by atoms with E-state index >= 15 is 0 Å². The van der Waals surface area contributed by atoms with E-state index in [1.54, 1.807) is 30.3 Å². The van der Waals surface area contributed by atoms with Crippen molar-refractivity contribution in [2.75, 3.05) is 13.2 Å². The lowest BCUT2D eigenvalue weighted by Gasteiger charge is -2.24. The van der Waals surface area contributed by atoms with Crippen molar-refractivity contribution in [3.63, 3.8) is 0 Å². The van der Waals surface area contributed by atoms with E-state index in [4.69, 9.17) is 21.1 Å². The van der Waals surface area contributed by atoms with Crippen LogP contribution in [-0.4, -0.2) is 25.1 Å². The van der Waals surface area contributed by atoms with E-state index in [9.17, 15) is 14.0 Å². The largest absolute Gasteiger partial charge is 0.492 e. The molecule has 1 aliphatic rings. The Morgan fingerprint density at radius 2 is 2.00 bits per heavy atom. The molecule has 26 heavy (non-hydrogen) atoms. The van der Waals surface area contributed by atoms with Gasteiger partial charge in [0.05, 0.1) is 5.92 Å². The SMILES string of the molecule is O=C(COC(=O)[C@H]1COc2ccc(Cl)cc2C1)NCc1ccc(F)cc1. The number of amides is 1. The molecule has 0 saturated carbocycles. The molecule has 2 aromatic rings. The lowest BCUT2D eigenvalue weighted by molar-refractivity contribution is -0.153. The van der Waals surface area contributed by atoms with Crippen LogP contribution in [-0.2, 0) is 27.3 Å². The Hall–Kier alpha value is -2.60. The standard InChI is InChI=1S/C19H17ClFNO4/c20-15-3-6-17-13(8-15)7-14(10-25-17)19(24)26-11-18(23)22-9-12-1-4-16(21)5-2-12/h1-6,8,14H,7,9-11H2,(H,22,23)/t14-/m1/s1. The van der Waals surface area contributed by atoms with Gasteiger partial charge in [-0.1, -0.05) is 23.7 Å². The molecule has 5 nitrogen and oxygen atoms in total. The molecule has 1 N–H and O–H groups in total. The summed E-state index contributed by atoms with van der Waals surface area (Å²) in [5.74, 6) is -1.04. The van der Waals surface area contributed by atoms with E-state index in [-0.39, 0.29) is 25.6 Å². The number of hydrogen-bond acceptors (Lipinski definition) is 4. The molecular formula is C19H17ClFNO4. The zero-order valence-electron chi connectivity index (χ0n) is 13.8. The molecule has 0 aliphatic carbocycles. The quantitative estimate of drug-likeness (QED) is 0.814. The number of rotatable bonds is 5. The van der Waals surface area contributed by atoms with Gasteiger partial charge in [0.1, 0.15) is 18.2 Å². The van der Waals surface area contributed by atoms with Crippen LogP contribution in [0, 0.1) is 11.7 Å². The van der Waals surface area contributed by atoms with E-state index in [2.05, 4.69) is 5.32 Å². The molecule has 1 atom stereocenters. The van der Waals surface area contributed by atoms with Crippen LogP contribution in [0.4, 0.5) is 4.39 Å². The van der Waals surface area contributed by atoms with Gasteiger partial charge in [0, 0.05) is 11.6 Å². The number of nitrogens with one attached hydrogen (secondary N) is 1. The van der Waals surface area contributed by atoms with Gasteiger partial charge in [-0.15, -0.1) is 0 Å². The van der Waals surface area contributed by atoms with E-state index in [0.29, 0.717) is 17.2 Å². The molecule has 1 heterocycles. The van der Waals surface area contributed by atoms with Crippen LogP contribution in [0.2, 0.25) is 5.02 Å². The first-order valence-electron chi connectivity index (χ1n) is 8.10. The van der Waals surface area contributed by atoms with Crippen molar-refractivity contribution in [3.8, 4) is 5.75 Å². The summed E-state index contributed by atoms with van der Waals surface area (Å²) in [6.07, 6.45) is 0.450. The van der Waals surface area contributed by atoms with Crippen LogP contribution in [0.1, 0.15) is 11.1 Å². The summed E-state index contributed by atoms with van der Waals surface area (Å²) in [5.41, 5.74) is 1.59. The van der Waals surface area contributed by atoms with Gasteiger partial charge < -0.3 is 14.8 Å². The molecule has 3 rings (SSSR count). The number of benzene rings is 2. The zero-order chi connectivity index (χ0) is 18.5. The summed E-state index contributed by atoms with van der Waals surface area (Å²) >= 11 is 5.96. The molecule has 1 amide bonds. The normalized spacial score (nSPS) is 15.5. The van der Waals surface area contributed by atoms with Crippen molar-refractivity contribution < 1.29 is 23.5 Å². The third-order valence-electron chi connectivity index (χ3n) is 4.01. The second-order valence-electron chi connectivity index (χ2n) is 5.98. The average Bonchev–Trinajstić information content (AvgIpc) is 2.65. The van der Waals surface area contributed by atoms with Gasteiger partial charge in [-0.2, -0.15) is 0 Å². The number of carbonyl (C=O) groups excluding carboxylic acids is 2. The van der Waals surface area contributed by atoms with Crippen molar-refractivity contribution in [3.05, 3.63) is 64.4 Å². The lowest BCUT2D eigenvalue weighted by Crippen LogP contribution is -2.33. The molecule has 0 unspecified atom stereocenters. The van der Waals surface area contributed by atoms with Crippen LogP contribution in [0.25, 0.3) is 0 Å². The highest BCUT2D eigenvalue weighted by molar-refractivity contribution is 6.30. The Labute approximate surface area is 155 Å². The molecule has 0 radical (unpaired) electrons. The van der Waals surface area contributed by atoms with Crippen molar-refractivity contribution in [2.45, 2.75) is 13.0 Å². The van der Waals surface area contributed by atoms with Gasteiger partial charge in [0.15, 0.2) is 6.61 Å². The first-order chi connectivity index (χ1) is 12.5. The molecule has 0 saturated heterocycles. The summed E-state index contributed by atoms with van der Waals surface area (Å²) < 4.78 is 23.4. The first kappa shape index (κ1) is 18.2. The van der Waals surface area contributed by atoms with E-state index in [1.165, 1.54) is 12.1 Å². The molecule has 0 bridgehead atoms. The monoisotopic (exact) mass is 377 g/mol. The summed E-state index contributed by atoms with van der Waals surface area (Å²) in [6, 6.07) is 11.0. The van der Waals surface area contributed by atoms with Gasteiger partial charge in [-0.3, -0.25) is 9.59 Å². The highest BCUT2D eigenvalue weighted by Crippen LogP contribution is 2.30. The van der Waals surface area contributed by atoms with Crippen LogP contribution < -0.4 is 10.1 Å². The Morgan fingerprint density at radius 3 is 2.77 bits per heavy atom. The number of fused-ring (bicyclic) bond motifs is 1. The van der Waals surface area contributed by atoms with Gasteiger partial charge >= 0.3 is 5.97 Å². The predicted octanol–water partition coefficient (Wildman–Crippen LogP) is 2.89. The first-order valence-corrected chi connectivity index (χ1v) is 8.48. The van der Waals surface area contributed by atoms with Crippen LogP contribution in [0.3, 0.4) is 0 Å². The third-order valence-corrected chi connectivity index (χ3v) is 4.25. The fourth-order valence-corrected chi connectivity index (χ4v) is 2.82. The second kappa shape index (κ2) is 8.19. The Bertz CT molecular complexity index is 810. The molecule has 1 aliphatic heterocycles. The smallest absolute Gasteiger partial charge is 0.313 e. The molecular weight excluding hydrogens is 361 g/mol. The lowest BCUT2D eigenvalue weighted by atomic mass is 9.97. The van der Waals surface area contributed by atoms with Crippen molar-refractivity contribution in [1.82, 2.24) is 5.32 Å². The molecule has 0 fully saturated rings. The minimum absolute atomic E-state index is 0.199. The summed E-state index contributed by atoms with van der Waals surface area (Å²) in [4.78, 5) is 24.0. The average molecular weight is 378 g/mol. The third kappa shape index (κ3) is 4.73. The zero-order valence-corrected chi connectivity index (χ0v) is 14.6. The van der Waals surface area contributed by atoms with Crippen molar-refractivity contribution in [2.24, 2.45) is 5.92 Å². The summed E-state index contributed by atoms with van der Waals surface area (Å²) in [7, 11) is 0. The Kier molecular flexibility index (Phi) is 5.73. The minimum atomic E-state index is -0.493. The molecule has 2 aromatic carbocycles. The summed E-state index contributed by atoms with van der Waals surface area (Å²) in [6.45, 7) is 0.0542. The van der Waals surface area contributed by atoms with Crippen molar-refractivity contribution in [1.29, 1.82) is 0 Å². The number of esters is 1. The maximum Gasteiger partial charge on any atom is 0.313 e. The number of ether oxygens (including phenoxy) is 2. The molecule has 0 spiro atoms. The predicted molar refractivity (Wildman–Crippen MR) is 93.3 cm³/mol. The number of carbonyl (C=O) groups is 2. The second-order valence-corrected chi connectivity index (χ2v) is 6.41. The summed E-state index contributed by atoms with van der Waals surface area (Å²) in [5, 5.41) is 3.18. The minimum Gasteiger partial charge on any atom is -0.492 e. The van der Waals surface area contributed by atoms with Gasteiger partial charge in [-0.25, -0.2) is 4.39 Å². The van der Waals surface area contributed by atoms with Crippen molar-refractivity contribution >= 4 is 23.5 Å². The maximum absolute atomic E-state index is 12.8. The fraction of sp³-hybridized carbons (Fsp3) is 0.263.